The van der Waals surface area contributed by atoms with Gasteiger partial charge in [0.15, 0.2) is 11.6 Å². The summed E-state index contributed by atoms with van der Waals surface area (Å²) in [6.07, 6.45) is 4.03. The predicted molar refractivity (Wildman–Crippen MR) is 139 cm³/mol. The summed E-state index contributed by atoms with van der Waals surface area (Å²) in [6.45, 7) is 1.85. The molecule has 1 fully saturated rings. The number of methoxy groups -OCH3 is 1. The van der Waals surface area contributed by atoms with Gasteiger partial charge in [0.2, 0.25) is 0 Å². The molecule has 10 heteroatoms. The number of hydrogen-bond acceptors (Lipinski definition) is 5. The zero-order chi connectivity index (χ0) is 27.2. The number of pyridine rings is 1. The Hall–Kier alpha value is -2.85. The number of nitrogens with zero attached hydrogens (tertiary/aromatic N) is 2. The zero-order valence-electron chi connectivity index (χ0n) is 21.1. The fourth-order valence-corrected chi connectivity index (χ4v) is 6.23. The number of aryl methyl sites for hydroxylation is 1. The minimum Gasteiger partial charge on any atom is -0.497 e. The van der Waals surface area contributed by atoms with E-state index in [1.807, 2.05) is 0 Å². The number of hydrogen-bond donors (Lipinski definition) is 1. The molecule has 1 saturated heterocycles. The van der Waals surface area contributed by atoms with Crippen molar-refractivity contribution in [2.24, 2.45) is 11.8 Å². The number of aliphatic carboxylic acids is 1. The van der Waals surface area contributed by atoms with Crippen molar-refractivity contribution in [1.29, 1.82) is 0 Å². The number of ether oxygens (including phenoxy) is 1. The van der Waals surface area contributed by atoms with Gasteiger partial charge in [0.05, 0.1) is 18.8 Å². The summed E-state index contributed by atoms with van der Waals surface area (Å²) in [5, 5.41) is 10.2. The van der Waals surface area contributed by atoms with Gasteiger partial charge in [-0.05, 0) is 73.9 Å². The van der Waals surface area contributed by atoms with Crippen LogP contribution in [0.2, 0.25) is 0 Å². The average molecular weight is 551 g/mol. The molecule has 2 unspecified atom stereocenters. The lowest BCUT2D eigenvalue weighted by atomic mass is 9.80. The van der Waals surface area contributed by atoms with Crippen LogP contribution in [0.1, 0.15) is 31.2 Å². The molecule has 38 heavy (non-hydrogen) atoms. The maximum atomic E-state index is 14.7. The van der Waals surface area contributed by atoms with Crippen LogP contribution < -0.4 is 4.74 Å². The minimum atomic E-state index is -1.21. The van der Waals surface area contributed by atoms with Crippen molar-refractivity contribution in [2.75, 3.05) is 32.5 Å². The lowest BCUT2D eigenvalue weighted by Crippen LogP contribution is -2.42. The number of carboxylic acid groups (broad SMARTS) is 1. The molecule has 4 rings (SSSR count). The maximum Gasteiger partial charge on any atom is 0.303 e. The van der Waals surface area contributed by atoms with Gasteiger partial charge >= 0.3 is 5.97 Å². The highest BCUT2D eigenvalue weighted by molar-refractivity contribution is 7.99. The third-order valence-electron chi connectivity index (χ3n) is 7.17. The van der Waals surface area contributed by atoms with E-state index in [9.17, 15) is 27.5 Å². The molecular formula is C28H30F4N2O3S. The molecule has 0 saturated carbocycles. The van der Waals surface area contributed by atoms with Gasteiger partial charge in [-0.15, -0.1) is 11.8 Å². The number of carbonyl (C=O) groups is 1. The second kappa shape index (κ2) is 12.8. The van der Waals surface area contributed by atoms with Gasteiger partial charge in [-0.1, -0.05) is 0 Å². The Morgan fingerprint density at radius 3 is 2.74 bits per heavy atom. The second-order valence-electron chi connectivity index (χ2n) is 9.62. The highest BCUT2D eigenvalue weighted by Crippen LogP contribution is 2.33. The SMILES string of the molecule is COc1ccc2ncc(F)c(CCCC3CCN(CCSc4cc(F)cc(F)c4F)CC3CC(=O)O)c2c1. The molecule has 0 amide bonds. The van der Waals surface area contributed by atoms with E-state index in [2.05, 4.69) is 9.88 Å². The van der Waals surface area contributed by atoms with Crippen LogP contribution in [0.5, 0.6) is 5.75 Å². The molecule has 0 spiro atoms. The molecule has 204 valence electrons. The quantitative estimate of drug-likeness (QED) is 0.171. The van der Waals surface area contributed by atoms with Gasteiger partial charge in [-0.3, -0.25) is 9.78 Å². The Morgan fingerprint density at radius 1 is 1.16 bits per heavy atom. The van der Waals surface area contributed by atoms with Crippen molar-refractivity contribution in [3.8, 4) is 5.75 Å². The first-order chi connectivity index (χ1) is 18.2. The number of likely N-dealkylation sites (tertiary alicyclic amines) is 1. The van der Waals surface area contributed by atoms with Crippen LogP contribution in [-0.2, 0) is 11.2 Å². The molecule has 2 atom stereocenters. The Kier molecular flexibility index (Phi) is 9.49. The first-order valence-corrected chi connectivity index (χ1v) is 13.6. The molecule has 2 heterocycles. The third-order valence-corrected chi connectivity index (χ3v) is 8.17. The molecule has 0 bridgehead atoms. The number of aromatic nitrogens is 1. The van der Waals surface area contributed by atoms with E-state index in [0.717, 1.165) is 37.2 Å². The largest absolute Gasteiger partial charge is 0.497 e. The number of benzene rings is 2. The fourth-order valence-electron chi connectivity index (χ4n) is 5.24. The summed E-state index contributed by atoms with van der Waals surface area (Å²) in [5.41, 5.74) is 1.28. The monoisotopic (exact) mass is 550 g/mol. The standard InChI is InChI=1S/C28H30F4N2O3S/c1-37-20-5-6-25-22(14-20)21(24(31)15-33-25)4-2-3-17-7-8-34(16-18(17)11-27(35)36)9-10-38-26-13-19(29)12-23(30)28(26)32/h5-6,12-15,17-18H,2-4,7-11,16H2,1H3,(H,35,36). The van der Waals surface area contributed by atoms with E-state index < -0.39 is 23.4 Å². The van der Waals surface area contributed by atoms with Crippen LogP contribution in [0.25, 0.3) is 10.9 Å². The van der Waals surface area contributed by atoms with Crippen LogP contribution in [0.3, 0.4) is 0 Å². The van der Waals surface area contributed by atoms with E-state index in [0.29, 0.717) is 60.0 Å². The molecule has 0 radical (unpaired) electrons. The van der Waals surface area contributed by atoms with Crippen molar-refractivity contribution < 1.29 is 32.2 Å². The van der Waals surface area contributed by atoms with Gasteiger partial charge in [0.1, 0.15) is 17.4 Å². The van der Waals surface area contributed by atoms with Crippen molar-refractivity contribution in [1.82, 2.24) is 9.88 Å². The zero-order valence-corrected chi connectivity index (χ0v) is 21.9. The second-order valence-corrected chi connectivity index (χ2v) is 10.8. The Bertz CT molecular complexity index is 1290. The summed E-state index contributed by atoms with van der Waals surface area (Å²) in [6, 6.07) is 6.87. The minimum absolute atomic E-state index is 0.0296. The van der Waals surface area contributed by atoms with Gasteiger partial charge in [0.25, 0.3) is 0 Å². The average Bonchev–Trinajstić information content (AvgIpc) is 2.88. The number of halogens is 4. The molecule has 1 aromatic heterocycles. The van der Waals surface area contributed by atoms with Crippen LogP contribution in [0.15, 0.2) is 41.4 Å². The van der Waals surface area contributed by atoms with E-state index in [1.165, 1.54) is 6.20 Å². The van der Waals surface area contributed by atoms with Crippen molar-refractivity contribution in [3.05, 3.63) is 65.4 Å². The molecule has 1 aliphatic rings. The summed E-state index contributed by atoms with van der Waals surface area (Å²) in [5.74, 6) is -3.19. The number of thioether (sulfide) groups is 1. The molecule has 1 N–H and O–H groups in total. The first kappa shape index (κ1) is 28.2. The van der Waals surface area contributed by atoms with Crippen molar-refractivity contribution in [2.45, 2.75) is 37.0 Å². The Morgan fingerprint density at radius 2 is 1.97 bits per heavy atom. The normalized spacial score (nSPS) is 18.1. The highest BCUT2D eigenvalue weighted by Gasteiger charge is 2.30. The maximum absolute atomic E-state index is 14.7. The van der Waals surface area contributed by atoms with E-state index >= 15 is 0 Å². The predicted octanol–water partition coefficient (Wildman–Crippen LogP) is 6.33. The number of piperidine rings is 1. The highest BCUT2D eigenvalue weighted by atomic mass is 32.2. The fraction of sp³-hybridized carbons (Fsp3) is 0.429. The molecule has 1 aliphatic heterocycles. The van der Waals surface area contributed by atoms with Gasteiger partial charge in [-0.2, -0.15) is 0 Å². The summed E-state index contributed by atoms with van der Waals surface area (Å²) >= 11 is 1.04. The van der Waals surface area contributed by atoms with E-state index in [4.69, 9.17) is 4.74 Å². The summed E-state index contributed by atoms with van der Waals surface area (Å²) in [7, 11) is 1.56. The first-order valence-electron chi connectivity index (χ1n) is 12.6. The lowest BCUT2D eigenvalue weighted by Gasteiger charge is -2.38. The lowest BCUT2D eigenvalue weighted by molar-refractivity contribution is -0.139. The Labute approximate surface area is 223 Å². The molecular weight excluding hydrogens is 520 g/mol. The van der Waals surface area contributed by atoms with Crippen LogP contribution >= 0.6 is 11.8 Å². The van der Waals surface area contributed by atoms with Crippen LogP contribution in [0, 0.1) is 35.1 Å². The topological polar surface area (TPSA) is 62.7 Å². The van der Waals surface area contributed by atoms with Gasteiger partial charge < -0.3 is 14.7 Å². The van der Waals surface area contributed by atoms with E-state index in [-0.39, 0.29) is 29.0 Å². The number of carboxylic acids is 1. The molecule has 3 aromatic rings. The summed E-state index contributed by atoms with van der Waals surface area (Å²) < 4.78 is 60.8. The smallest absolute Gasteiger partial charge is 0.303 e. The molecule has 2 aromatic carbocycles. The Balaban J connectivity index is 1.34. The van der Waals surface area contributed by atoms with Crippen LogP contribution in [-0.4, -0.2) is 53.5 Å². The van der Waals surface area contributed by atoms with E-state index in [1.54, 1.807) is 25.3 Å². The van der Waals surface area contributed by atoms with Gasteiger partial charge in [-0.25, -0.2) is 17.6 Å². The molecule has 5 nitrogen and oxygen atoms in total. The van der Waals surface area contributed by atoms with Gasteiger partial charge in [0, 0.05) is 41.6 Å². The summed E-state index contributed by atoms with van der Waals surface area (Å²) in [4.78, 5) is 17.8. The number of fused-ring (bicyclic) bond motifs is 1. The third kappa shape index (κ3) is 6.96. The number of rotatable bonds is 11. The van der Waals surface area contributed by atoms with Crippen molar-refractivity contribution in [3.63, 3.8) is 0 Å². The molecule has 0 aliphatic carbocycles. The van der Waals surface area contributed by atoms with Crippen molar-refractivity contribution >= 4 is 28.6 Å². The van der Waals surface area contributed by atoms with Crippen LogP contribution in [0.4, 0.5) is 17.6 Å².